The van der Waals surface area contributed by atoms with Gasteiger partial charge in [0.2, 0.25) is 0 Å². The number of aryl methyl sites for hydroxylation is 1. The highest BCUT2D eigenvalue weighted by molar-refractivity contribution is 9.10. The topological polar surface area (TPSA) is 17.8 Å². The van der Waals surface area contributed by atoms with Crippen LogP contribution in [0.3, 0.4) is 0 Å². The maximum atomic E-state index is 6.03. The van der Waals surface area contributed by atoms with E-state index < -0.39 is 0 Å². The van der Waals surface area contributed by atoms with Crippen LogP contribution in [0.1, 0.15) is 11.4 Å². The Labute approximate surface area is 125 Å². The molecule has 19 heavy (non-hydrogen) atoms. The summed E-state index contributed by atoms with van der Waals surface area (Å²) in [7, 11) is 0. The second kappa shape index (κ2) is 4.99. The van der Waals surface area contributed by atoms with E-state index in [4.69, 9.17) is 11.6 Å². The van der Waals surface area contributed by atoms with Crippen molar-refractivity contribution in [1.82, 2.24) is 9.55 Å². The van der Waals surface area contributed by atoms with Gasteiger partial charge in [0, 0.05) is 10.2 Å². The molecule has 0 aliphatic rings. The number of fused-ring (bicyclic) bond motifs is 1. The molecule has 0 N–H and O–H groups in total. The number of alkyl halides is 1. The van der Waals surface area contributed by atoms with Gasteiger partial charge in [0.25, 0.3) is 0 Å². The fourth-order valence-corrected chi connectivity index (χ4v) is 2.70. The first kappa shape index (κ1) is 12.7. The van der Waals surface area contributed by atoms with Gasteiger partial charge in [0.05, 0.1) is 16.9 Å². The number of imidazole rings is 1. The van der Waals surface area contributed by atoms with E-state index in [9.17, 15) is 0 Å². The first-order chi connectivity index (χ1) is 9.19. The van der Waals surface area contributed by atoms with Gasteiger partial charge in [0.1, 0.15) is 5.82 Å². The predicted molar refractivity (Wildman–Crippen MR) is 83.1 cm³/mol. The van der Waals surface area contributed by atoms with Crippen LogP contribution in [0.5, 0.6) is 0 Å². The van der Waals surface area contributed by atoms with Crippen LogP contribution in [0.2, 0.25) is 0 Å². The molecule has 0 bridgehead atoms. The number of hydrogen-bond donors (Lipinski definition) is 0. The van der Waals surface area contributed by atoms with Crippen molar-refractivity contribution < 1.29 is 0 Å². The molecule has 4 heteroatoms. The van der Waals surface area contributed by atoms with Gasteiger partial charge in [-0.3, -0.25) is 4.57 Å². The number of halogens is 2. The molecule has 0 radical (unpaired) electrons. The molecule has 0 saturated heterocycles. The molecule has 0 amide bonds. The minimum atomic E-state index is 0.389. The molecule has 1 aromatic heterocycles. The molecule has 1 heterocycles. The highest BCUT2D eigenvalue weighted by Gasteiger charge is 2.11. The van der Waals surface area contributed by atoms with Gasteiger partial charge in [-0.2, -0.15) is 0 Å². The Morgan fingerprint density at radius 3 is 2.58 bits per heavy atom. The third-order valence-corrected chi connectivity index (χ3v) is 3.83. The maximum Gasteiger partial charge on any atom is 0.129 e. The fraction of sp³-hybridized carbons (Fsp3) is 0.133. The van der Waals surface area contributed by atoms with Crippen molar-refractivity contribution in [3.63, 3.8) is 0 Å². The lowest BCUT2D eigenvalue weighted by molar-refractivity contribution is 0.981. The summed E-state index contributed by atoms with van der Waals surface area (Å²) >= 11 is 9.50. The number of benzene rings is 2. The summed E-state index contributed by atoms with van der Waals surface area (Å²) in [5.74, 6) is 1.25. The predicted octanol–water partition coefficient (Wildman–Crippen LogP) is 4.84. The van der Waals surface area contributed by atoms with Gasteiger partial charge in [-0.15, -0.1) is 11.6 Å². The van der Waals surface area contributed by atoms with Crippen LogP contribution in [0.4, 0.5) is 0 Å². The van der Waals surface area contributed by atoms with Crippen LogP contribution >= 0.6 is 27.5 Å². The second-order valence-corrected chi connectivity index (χ2v) is 5.65. The van der Waals surface area contributed by atoms with Crippen molar-refractivity contribution in [2.45, 2.75) is 12.8 Å². The third-order valence-electron chi connectivity index (χ3n) is 3.10. The molecule has 3 aromatic rings. The minimum Gasteiger partial charge on any atom is -0.295 e. The molecule has 0 unspecified atom stereocenters. The molecule has 96 valence electrons. The number of aromatic nitrogens is 2. The summed E-state index contributed by atoms with van der Waals surface area (Å²) in [5, 5.41) is 0. The Morgan fingerprint density at radius 2 is 1.89 bits per heavy atom. The molecule has 2 aromatic carbocycles. The monoisotopic (exact) mass is 334 g/mol. The van der Waals surface area contributed by atoms with Crippen LogP contribution in [0.15, 0.2) is 46.9 Å². The van der Waals surface area contributed by atoms with Crippen molar-refractivity contribution in [2.24, 2.45) is 0 Å². The van der Waals surface area contributed by atoms with Crippen molar-refractivity contribution in [1.29, 1.82) is 0 Å². The third kappa shape index (κ3) is 2.28. The van der Waals surface area contributed by atoms with Gasteiger partial charge in [-0.05, 0) is 37.3 Å². The maximum absolute atomic E-state index is 6.03. The van der Waals surface area contributed by atoms with E-state index in [1.165, 1.54) is 5.56 Å². The number of rotatable bonds is 2. The molecule has 0 spiro atoms. The van der Waals surface area contributed by atoms with Crippen LogP contribution in [-0.2, 0) is 5.88 Å². The van der Waals surface area contributed by atoms with Gasteiger partial charge in [-0.25, -0.2) is 4.98 Å². The largest absolute Gasteiger partial charge is 0.295 e. The molecule has 0 saturated carbocycles. The Bertz CT molecular complexity index is 732. The van der Waals surface area contributed by atoms with E-state index in [1.807, 2.05) is 12.1 Å². The van der Waals surface area contributed by atoms with Gasteiger partial charge < -0.3 is 0 Å². The van der Waals surface area contributed by atoms with Crippen LogP contribution in [-0.4, -0.2) is 9.55 Å². The lowest BCUT2D eigenvalue weighted by Crippen LogP contribution is -1.99. The van der Waals surface area contributed by atoms with Gasteiger partial charge in [0.15, 0.2) is 0 Å². The Balaban J connectivity index is 2.29. The van der Waals surface area contributed by atoms with Gasteiger partial charge >= 0.3 is 0 Å². The van der Waals surface area contributed by atoms with E-state index in [-0.39, 0.29) is 0 Å². The molecule has 2 nitrogen and oxygen atoms in total. The summed E-state index contributed by atoms with van der Waals surface area (Å²) in [6, 6.07) is 14.5. The Kier molecular flexibility index (Phi) is 3.33. The molecule has 0 fully saturated rings. The van der Waals surface area contributed by atoms with Crippen molar-refractivity contribution >= 4 is 38.6 Å². The van der Waals surface area contributed by atoms with Crippen molar-refractivity contribution in [2.75, 3.05) is 0 Å². The van der Waals surface area contributed by atoms with Gasteiger partial charge in [-0.1, -0.05) is 33.6 Å². The second-order valence-electron chi connectivity index (χ2n) is 4.47. The Hall–Kier alpha value is -1.32. The number of nitrogens with zero attached hydrogens (tertiary/aromatic N) is 2. The highest BCUT2D eigenvalue weighted by Crippen LogP contribution is 2.25. The van der Waals surface area contributed by atoms with Crippen LogP contribution in [0, 0.1) is 6.92 Å². The molecular formula is C15H12BrClN2. The summed E-state index contributed by atoms with van der Waals surface area (Å²) in [4.78, 5) is 4.59. The summed E-state index contributed by atoms with van der Waals surface area (Å²) < 4.78 is 3.13. The fourth-order valence-electron chi connectivity index (χ4n) is 2.17. The molecule has 0 atom stereocenters. The Morgan fingerprint density at radius 1 is 1.16 bits per heavy atom. The van der Waals surface area contributed by atoms with Crippen molar-refractivity contribution in [3.05, 3.63) is 58.3 Å². The molecule has 0 aliphatic carbocycles. The smallest absolute Gasteiger partial charge is 0.129 e. The standard InChI is InChI=1S/C15H12BrClN2/c1-10-2-5-12(6-3-10)19-14-7-4-11(16)8-13(14)18-15(19)9-17/h2-8H,9H2,1H3. The number of hydrogen-bond acceptors (Lipinski definition) is 1. The molecule has 0 aliphatic heterocycles. The van der Waals surface area contributed by atoms with Crippen LogP contribution in [0.25, 0.3) is 16.7 Å². The normalized spacial score (nSPS) is 11.1. The lowest BCUT2D eigenvalue weighted by atomic mass is 10.2. The highest BCUT2D eigenvalue weighted by atomic mass is 79.9. The zero-order valence-corrected chi connectivity index (χ0v) is 12.7. The summed E-state index contributed by atoms with van der Waals surface area (Å²) in [5.41, 5.74) is 4.35. The first-order valence-electron chi connectivity index (χ1n) is 5.99. The minimum absolute atomic E-state index is 0.389. The van der Waals surface area contributed by atoms with Crippen LogP contribution < -0.4 is 0 Å². The van der Waals surface area contributed by atoms with E-state index in [0.29, 0.717) is 5.88 Å². The summed E-state index contributed by atoms with van der Waals surface area (Å²) in [6.45, 7) is 2.08. The SMILES string of the molecule is Cc1ccc(-n2c(CCl)nc3cc(Br)ccc32)cc1. The summed E-state index contributed by atoms with van der Waals surface area (Å²) in [6.07, 6.45) is 0. The van der Waals surface area contributed by atoms with E-state index in [0.717, 1.165) is 27.0 Å². The average molecular weight is 336 g/mol. The van der Waals surface area contributed by atoms with Crippen molar-refractivity contribution in [3.8, 4) is 5.69 Å². The quantitative estimate of drug-likeness (QED) is 0.613. The molecule has 3 rings (SSSR count). The molecular weight excluding hydrogens is 324 g/mol. The average Bonchev–Trinajstić information content (AvgIpc) is 2.77. The van der Waals surface area contributed by atoms with E-state index >= 15 is 0 Å². The zero-order valence-electron chi connectivity index (χ0n) is 10.4. The lowest BCUT2D eigenvalue weighted by Gasteiger charge is -2.08. The van der Waals surface area contributed by atoms with E-state index in [1.54, 1.807) is 0 Å². The van der Waals surface area contributed by atoms with E-state index in [2.05, 4.69) is 62.7 Å². The first-order valence-corrected chi connectivity index (χ1v) is 7.31. The zero-order chi connectivity index (χ0) is 13.4.